The number of aliphatic carboxylic acids is 2. The summed E-state index contributed by atoms with van der Waals surface area (Å²) in [4.78, 5) is 23.8. The minimum atomic E-state index is -2.71. The van der Waals surface area contributed by atoms with E-state index in [2.05, 4.69) is 0 Å². The number of methoxy groups -OCH3 is 2. The first kappa shape index (κ1) is 22.8. The molecule has 0 radical (unpaired) electrons. The van der Waals surface area contributed by atoms with E-state index in [0.717, 1.165) is 0 Å². The Morgan fingerprint density at radius 1 is 0.867 bits per heavy atom. The van der Waals surface area contributed by atoms with Crippen LogP contribution in [0.3, 0.4) is 0 Å². The van der Waals surface area contributed by atoms with Gasteiger partial charge in [0.25, 0.3) is 0 Å². The second-order valence-corrected chi connectivity index (χ2v) is 6.34. The molecule has 0 aliphatic rings. The molecule has 2 rings (SSSR count). The highest BCUT2D eigenvalue weighted by atomic mass is 16.6. The molecule has 162 valence electrons. The van der Waals surface area contributed by atoms with Crippen molar-refractivity contribution in [3.05, 3.63) is 48.5 Å². The van der Waals surface area contributed by atoms with Gasteiger partial charge in [-0.2, -0.15) is 0 Å². The average Bonchev–Trinajstić information content (AvgIpc) is 2.73. The molecule has 30 heavy (non-hydrogen) atoms. The number of carboxylic acids is 2. The summed E-state index contributed by atoms with van der Waals surface area (Å²) in [5, 5.41) is 29.6. The molecule has 0 amide bonds. The molecule has 1 atom stereocenters. The Morgan fingerprint density at radius 3 is 1.83 bits per heavy atom. The molecule has 0 saturated heterocycles. The molecule has 0 bridgehead atoms. The van der Waals surface area contributed by atoms with Crippen molar-refractivity contribution < 1.29 is 43.9 Å². The zero-order valence-electron chi connectivity index (χ0n) is 16.6. The van der Waals surface area contributed by atoms with E-state index >= 15 is 0 Å². The van der Waals surface area contributed by atoms with E-state index in [1.165, 1.54) is 26.4 Å². The molecule has 9 heteroatoms. The summed E-state index contributed by atoms with van der Waals surface area (Å²) < 4.78 is 21.2. The lowest BCUT2D eigenvalue weighted by atomic mass is 9.94. The number of hydrogen-bond donors (Lipinski definition) is 3. The predicted molar refractivity (Wildman–Crippen MR) is 105 cm³/mol. The zero-order valence-corrected chi connectivity index (χ0v) is 16.6. The van der Waals surface area contributed by atoms with Gasteiger partial charge in [0.2, 0.25) is 0 Å². The highest BCUT2D eigenvalue weighted by Crippen LogP contribution is 2.32. The van der Waals surface area contributed by atoms with Gasteiger partial charge in [0.15, 0.2) is 23.0 Å². The van der Waals surface area contributed by atoms with E-state index in [1.807, 2.05) is 0 Å². The topological polar surface area (TPSA) is 132 Å². The quantitative estimate of drug-likeness (QED) is 0.442. The minimum Gasteiger partial charge on any atom is -0.493 e. The number of carbonyl (C=O) groups is 2. The van der Waals surface area contributed by atoms with Crippen LogP contribution in [0, 0.1) is 0 Å². The number of rotatable bonds is 12. The fourth-order valence-corrected chi connectivity index (χ4v) is 2.76. The standard InChI is InChI=1S/C21H24O9/c1-27-15-7-3-5-9-17(15)29-12-11-14(22)13-21(19(23)24,20(25)26)30-18-10-6-4-8-16(18)28-2/h3-10,14,22H,11-13H2,1-2H3,(H,23,24)(H,25,26). The molecule has 3 N–H and O–H groups in total. The summed E-state index contributed by atoms with van der Waals surface area (Å²) in [5.41, 5.74) is -2.71. The van der Waals surface area contributed by atoms with E-state index < -0.39 is 30.1 Å². The highest BCUT2D eigenvalue weighted by molar-refractivity contribution is 6.02. The van der Waals surface area contributed by atoms with Gasteiger partial charge < -0.3 is 34.3 Å². The first-order valence-electron chi connectivity index (χ1n) is 9.06. The highest BCUT2D eigenvalue weighted by Gasteiger charge is 2.51. The Balaban J connectivity index is 2.12. The summed E-state index contributed by atoms with van der Waals surface area (Å²) >= 11 is 0. The third-order valence-corrected chi connectivity index (χ3v) is 4.34. The van der Waals surface area contributed by atoms with Gasteiger partial charge >= 0.3 is 17.5 Å². The van der Waals surface area contributed by atoms with Gasteiger partial charge in [-0.05, 0) is 24.3 Å². The van der Waals surface area contributed by atoms with Crippen LogP contribution in [0.1, 0.15) is 12.8 Å². The van der Waals surface area contributed by atoms with Gasteiger partial charge in [0.05, 0.1) is 26.9 Å². The first-order valence-corrected chi connectivity index (χ1v) is 9.06. The fourth-order valence-electron chi connectivity index (χ4n) is 2.76. The molecule has 0 heterocycles. The second-order valence-electron chi connectivity index (χ2n) is 6.34. The Bertz CT molecular complexity index is 851. The normalized spacial score (nSPS) is 12.0. The van der Waals surface area contributed by atoms with E-state index in [0.29, 0.717) is 11.5 Å². The number of aliphatic hydroxyl groups excluding tert-OH is 1. The molecule has 0 aromatic heterocycles. The molecule has 0 saturated carbocycles. The summed E-state index contributed by atoms with van der Waals surface area (Å²) in [5.74, 6) is -2.45. The maximum absolute atomic E-state index is 11.9. The van der Waals surface area contributed by atoms with Crippen LogP contribution < -0.4 is 18.9 Å². The van der Waals surface area contributed by atoms with Crippen LogP contribution in [0.2, 0.25) is 0 Å². The van der Waals surface area contributed by atoms with Crippen molar-refractivity contribution in [1.82, 2.24) is 0 Å². The zero-order chi connectivity index (χ0) is 22.1. The molecule has 0 aliphatic carbocycles. The summed E-state index contributed by atoms with van der Waals surface area (Å²) in [6.45, 7) is 0.00547. The molecule has 2 aromatic carbocycles. The average molecular weight is 420 g/mol. The third-order valence-electron chi connectivity index (χ3n) is 4.34. The largest absolute Gasteiger partial charge is 0.493 e. The third kappa shape index (κ3) is 5.32. The van der Waals surface area contributed by atoms with E-state index in [-0.39, 0.29) is 24.5 Å². The van der Waals surface area contributed by atoms with Crippen LogP contribution >= 0.6 is 0 Å². The molecule has 0 spiro atoms. The lowest BCUT2D eigenvalue weighted by Gasteiger charge is -2.28. The second kappa shape index (κ2) is 10.4. The Morgan fingerprint density at radius 2 is 1.33 bits per heavy atom. The van der Waals surface area contributed by atoms with Crippen LogP contribution in [0.15, 0.2) is 48.5 Å². The van der Waals surface area contributed by atoms with E-state index in [4.69, 9.17) is 18.9 Å². The van der Waals surface area contributed by atoms with Gasteiger partial charge in [-0.15, -0.1) is 0 Å². The molecule has 0 aliphatic heterocycles. The number of para-hydroxylation sites is 4. The molecule has 9 nitrogen and oxygen atoms in total. The van der Waals surface area contributed by atoms with E-state index in [1.54, 1.807) is 36.4 Å². The molecule has 1 unspecified atom stereocenters. The van der Waals surface area contributed by atoms with Crippen LogP contribution in [-0.4, -0.2) is 59.8 Å². The molecule has 2 aromatic rings. The Kier molecular flexibility index (Phi) is 7.88. The van der Waals surface area contributed by atoms with Crippen molar-refractivity contribution >= 4 is 11.9 Å². The molecular formula is C21H24O9. The molecule has 0 fully saturated rings. The lowest BCUT2D eigenvalue weighted by molar-refractivity contribution is -0.175. The SMILES string of the molecule is COc1ccccc1OCCC(O)CC(Oc1ccccc1OC)(C(=O)O)C(=O)O. The predicted octanol–water partition coefficient (Wildman–Crippen LogP) is 2.21. The van der Waals surface area contributed by atoms with Crippen LogP contribution in [0.25, 0.3) is 0 Å². The van der Waals surface area contributed by atoms with Gasteiger partial charge in [-0.1, -0.05) is 24.3 Å². The summed E-state index contributed by atoms with van der Waals surface area (Å²) in [6.07, 6.45) is -2.07. The van der Waals surface area contributed by atoms with Crippen molar-refractivity contribution in [3.63, 3.8) is 0 Å². The van der Waals surface area contributed by atoms with Gasteiger partial charge in [-0.25, -0.2) is 9.59 Å². The van der Waals surface area contributed by atoms with Crippen molar-refractivity contribution in [3.8, 4) is 23.0 Å². The van der Waals surface area contributed by atoms with Crippen LogP contribution in [0.5, 0.6) is 23.0 Å². The lowest BCUT2D eigenvalue weighted by Crippen LogP contribution is -2.54. The number of hydrogen-bond acceptors (Lipinski definition) is 7. The van der Waals surface area contributed by atoms with Crippen molar-refractivity contribution in [1.29, 1.82) is 0 Å². The van der Waals surface area contributed by atoms with Crippen molar-refractivity contribution in [2.24, 2.45) is 0 Å². The smallest absolute Gasteiger partial charge is 0.360 e. The Labute approximate surface area is 173 Å². The summed E-state index contributed by atoms with van der Waals surface area (Å²) in [6, 6.07) is 12.9. The van der Waals surface area contributed by atoms with Crippen molar-refractivity contribution in [2.45, 2.75) is 24.5 Å². The monoisotopic (exact) mass is 420 g/mol. The fraction of sp³-hybridized carbons (Fsp3) is 0.333. The van der Waals surface area contributed by atoms with Gasteiger partial charge in [-0.3, -0.25) is 0 Å². The van der Waals surface area contributed by atoms with Crippen LogP contribution in [-0.2, 0) is 9.59 Å². The van der Waals surface area contributed by atoms with Crippen molar-refractivity contribution in [2.75, 3.05) is 20.8 Å². The van der Waals surface area contributed by atoms with Gasteiger partial charge in [0.1, 0.15) is 0 Å². The Hall–Kier alpha value is -3.46. The number of carboxylic acid groups (broad SMARTS) is 2. The van der Waals surface area contributed by atoms with Crippen LogP contribution in [0.4, 0.5) is 0 Å². The maximum Gasteiger partial charge on any atom is 0.360 e. The van der Waals surface area contributed by atoms with Gasteiger partial charge in [0, 0.05) is 12.8 Å². The minimum absolute atomic E-state index is 0.00547. The summed E-state index contributed by atoms with van der Waals surface area (Å²) in [7, 11) is 2.83. The molecular weight excluding hydrogens is 396 g/mol. The number of aliphatic hydroxyl groups is 1. The number of ether oxygens (including phenoxy) is 4. The number of benzene rings is 2. The van der Waals surface area contributed by atoms with E-state index in [9.17, 15) is 24.9 Å². The maximum atomic E-state index is 11.9. The first-order chi connectivity index (χ1) is 14.3.